The largest absolute Gasteiger partial charge is 0.508 e. The number of amides is 3. The lowest BCUT2D eigenvalue weighted by atomic mass is 10.0. The van der Waals surface area contributed by atoms with Gasteiger partial charge in [0, 0.05) is 19.4 Å². The monoisotopic (exact) mass is 615 g/mol. The van der Waals surface area contributed by atoms with Crippen LogP contribution in [0.4, 0.5) is 0 Å². The molecule has 0 fully saturated rings. The van der Waals surface area contributed by atoms with Gasteiger partial charge >= 0.3 is 5.97 Å². The van der Waals surface area contributed by atoms with Gasteiger partial charge in [0.25, 0.3) is 0 Å². The summed E-state index contributed by atoms with van der Waals surface area (Å²) in [7, 11) is 0. The number of carbonyl (C=O) groups is 4. The van der Waals surface area contributed by atoms with Crippen molar-refractivity contribution in [3.8, 4) is 5.75 Å². The maximum absolute atomic E-state index is 13.6. The zero-order valence-corrected chi connectivity index (χ0v) is 24.9. The van der Waals surface area contributed by atoms with E-state index >= 15 is 0 Å². The third-order valence-electron chi connectivity index (χ3n) is 6.45. The molecule has 0 aromatic heterocycles. The third-order valence-corrected chi connectivity index (χ3v) is 7.10. The van der Waals surface area contributed by atoms with Crippen LogP contribution in [-0.4, -0.2) is 82.6 Å². The van der Waals surface area contributed by atoms with Gasteiger partial charge in [0.05, 0.1) is 6.04 Å². The normalized spacial score (nSPS) is 13.5. The van der Waals surface area contributed by atoms with Crippen molar-refractivity contribution in [2.45, 2.75) is 56.3 Å². The molecule has 0 saturated heterocycles. The lowest BCUT2D eigenvalue weighted by Crippen LogP contribution is -2.58. The van der Waals surface area contributed by atoms with Crippen LogP contribution in [0, 0.1) is 0 Å². The number of hydrogen-bond donors (Lipinski definition) is 8. The number of carbonyl (C=O) groups excluding carboxylic acids is 3. The Hall–Kier alpha value is -4.30. The molecular formula is C29H41N7O6S. The second-order valence-electron chi connectivity index (χ2n) is 9.92. The molecule has 234 valence electrons. The lowest BCUT2D eigenvalue weighted by molar-refractivity contribution is -0.142. The molecular weight excluding hydrogens is 574 g/mol. The van der Waals surface area contributed by atoms with Crippen molar-refractivity contribution in [2.24, 2.45) is 22.2 Å². The highest BCUT2D eigenvalue weighted by Gasteiger charge is 2.30. The maximum atomic E-state index is 13.6. The Morgan fingerprint density at radius 1 is 0.814 bits per heavy atom. The number of nitrogens with one attached hydrogen (secondary N) is 3. The average Bonchev–Trinajstić information content (AvgIpc) is 2.97. The Kier molecular flexibility index (Phi) is 14.8. The number of hydrogen-bond acceptors (Lipinski definition) is 8. The molecule has 43 heavy (non-hydrogen) atoms. The molecule has 4 unspecified atom stereocenters. The molecule has 0 aliphatic carbocycles. The fourth-order valence-corrected chi connectivity index (χ4v) is 4.57. The van der Waals surface area contributed by atoms with E-state index in [2.05, 4.69) is 20.9 Å². The van der Waals surface area contributed by atoms with Gasteiger partial charge in [-0.25, -0.2) is 4.79 Å². The number of aromatic hydroxyl groups is 1. The van der Waals surface area contributed by atoms with Crippen LogP contribution in [0.5, 0.6) is 5.75 Å². The van der Waals surface area contributed by atoms with Crippen molar-refractivity contribution in [3.63, 3.8) is 0 Å². The highest BCUT2D eigenvalue weighted by molar-refractivity contribution is 7.98. The number of rotatable bonds is 18. The van der Waals surface area contributed by atoms with E-state index in [-0.39, 0.29) is 43.9 Å². The maximum Gasteiger partial charge on any atom is 0.326 e. The predicted octanol–water partition coefficient (Wildman–Crippen LogP) is -0.150. The fraction of sp³-hybridized carbons (Fsp3) is 0.414. The highest BCUT2D eigenvalue weighted by Crippen LogP contribution is 2.13. The van der Waals surface area contributed by atoms with Crippen LogP contribution >= 0.6 is 11.8 Å². The van der Waals surface area contributed by atoms with Crippen LogP contribution in [0.3, 0.4) is 0 Å². The van der Waals surface area contributed by atoms with Crippen molar-refractivity contribution >= 4 is 41.4 Å². The lowest BCUT2D eigenvalue weighted by Gasteiger charge is -2.25. The van der Waals surface area contributed by atoms with Gasteiger partial charge in [-0.3, -0.25) is 19.4 Å². The molecule has 0 aliphatic rings. The number of carboxylic acid groups (broad SMARTS) is 1. The molecule has 2 aromatic carbocycles. The zero-order chi connectivity index (χ0) is 31.8. The standard InChI is InChI=1S/C29H41N7O6S/c1-43-15-13-22(28(41)42)34-26(39)24(16-18-6-3-2-4-7-18)36-27(40)23(17-19-9-11-20(37)12-10-19)35-25(38)21(30)8-5-14-33-29(31)32/h2-4,6-7,9-12,21-24,37H,5,8,13-17,30H2,1H3,(H,34,39)(H,35,38)(H,36,40)(H,41,42)(H4,31,32,33). The summed E-state index contributed by atoms with van der Waals surface area (Å²) in [5.41, 5.74) is 18.1. The summed E-state index contributed by atoms with van der Waals surface area (Å²) in [6.07, 6.45) is 2.83. The summed E-state index contributed by atoms with van der Waals surface area (Å²) >= 11 is 1.45. The second kappa shape index (κ2) is 18.3. The Bertz CT molecular complexity index is 1230. The molecule has 0 bridgehead atoms. The van der Waals surface area contributed by atoms with Gasteiger partial charge in [-0.05, 0) is 54.5 Å². The summed E-state index contributed by atoms with van der Waals surface area (Å²) < 4.78 is 0. The molecule has 13 nitrogen and oxygen atoms in total. The number of nitrogens with zero attached hydrogens (tertiary/aromatic N) is 1. The smallest absolute Gasteiger partial charge is 0.326 e. The fourth-order valence-electron chi connectivity index (χ4n) is 4.10. The Morgan fingerprint density at radius 3 is 1.88 bits per heavy atom. The first kappa shape index (κ1) is 34.9. The minimum Gasteiger partial charge on any atom is -0.508 e. The molecule has 0 radical (unpaired) electrons. The molecule has 4 atom stereocenters. The first-order valence-corrected chi connectivity index (χ1v) is 15.1. The summed E-state index contributed by atoms with van der Waals surface area (Å²) in [5, 5.41) is 27.2. The number of guanidine groups is 1. The molecule has 0 heterocycles. The number of thioether (sulfide) groups is 1. The van der Waals surface area contributed by atoms with E-state index in [1.807, 2.05) is 12.3 Å². The van der Waals surface area contributed by atoms with E-state index in [0.717, 1.165) is 5.56 Å². The number of benzene rings is 2. The summed E-state index contributed by atoms with van der Waals surface area (Å²) in [5.74, 6) is -2.63. The number of phenols is 1. The van der Waals surface area contributed by atoms with E-state index in [0.29, 0.717) is 17.7 Å². The van der Waals surface area contributed by atoms with Gasteiger partial charge in [-0.1, -0.05) is 42.5 Å². The first-order chi connectivity index (χ1) is 20.5. The minimum absolute atomic E-state index is 0.0315. The third kappa shape index (κ3) is 13.0. The van der Waals surface area contributed by atoms with Gasteiger partial charge in [0.2, 0.25) is 17.7 Å². The van der Waals surface area contributed by atoms with Gasteiger partial charge < -0.3 is 43.4 Å². The summed E-state index contributed by atoms with van der Waals surface area (Å²) in [4.78, 5) is 55.6. The van der Waals surface area contributed by atoms with Gasteiger partial charge in [0.1, 0.15) is 23.9 Å². The van der Waals surface area contributed by atoms with Crippen molar-refractivity contribution in [2.75, 3.05) is 18.6 Å². The molecule has 3 amide bonds. The number of carboxylic acids is 1. The first-order valence-electron chi connectivity index (χ1n) is 13.8. The zero-order valence-electron chi connectivity index (χ0n) is 24.1. The van der Waals surface area contributed by atoms with Crippen molar-refractivity contribution in [3.05, 3.63) is 65.7 Å². The van der Waals surface area contributed by atoms with E-state index in [4.69, 9.17) is 17.2 Å². The van der Waals surface area contributed by atoms with Crippen LogP contribution in [0.15, 0.2) is 59.6 Å². The van der Waals surface area contributed by atoms with Crippen LogP contribution < -0.4 is 33.2 Å². The van der Waals surface area contributed by atoms with Gasteiger partial charge in [-0.2, -0.15) is 11.8 Å². The van der Waals surface area contributed by atoms with Crippen LogP contribution in [0.1, 0.15) is 30.4 Å². The predicted molar refractivity (Wildman–Crippen MR) is 166 cm³/mol. The molecule has 11 N–H and O–H groups in total. The van der Waals surface area contributed by atoms with Crippen LogP contribution in [0.25, 0.3) is 0 Å². The van der Waals surface area contributed by atoms with Gasteiger partial charge in [-0.15, -0.1) is 0 Å². The van der Waals surface area contributed by atoms with Crippen molar-refractivity contribution in [1.82, 2.24) is 16.0 Å². The quantitative estimate of drug-likeness (QED) is 0.0627. The molecule has 14 heteroatoms. The average molecular weight is 616 g/mol. The Balaban J connectivity index is 2.27. The summed E-state index contributed by atoms with van der Waals surface area (Å²) in [6, 6.07) is 10.7. The number of phenolic OH excluding ortho intramolecular Hbond substituents is 1. The number of aliphatic imine (C=N–C) groups is 1. The van der Waals surface area contributed by atoms with Crippen molar-refractivity contribution < 1.29 is 29.4 Å². The van der Waals surface area contributed by atoms with Crippen LogP contribution in [-0.2, 0) is 32.0 Å². The number of aliphatic carboxylic acids is 1. The van der Waals surface area contributed by atoms with E-state index < -0.39 is 47.9 Å². The Morgan fingerprint density at radius 2 is 1.35 bits per heavy atom. The van der Waals surface area contributed by atoms with Crippen molar-refractivity contribution in [1.29, 1.82) is 0 Å². The van der Waals surface area contributed by atoms with E-state index in [9.17, 15) is 29.4 Å². The van der Waals surface area contributed by atoms with Crippen LogP contribution in [0.2, 0.25) is 0 Å². The minimum atomic E-state index is -1.18. The molecule has 2 aromatic rings. The molecule has 0 saturated carbocycles. The second-order valence-corrected chi connectivity index (χ2v) is 10.9. The summed E-state index contributed by atoms with van der Waals surface area (Å²) in [6.45, 7) is 0.283. The molecule has 2 rings (SSSR count). The molecule has 0 spiro atoms. The van der Waals surface area contributed by atoms with Gasteiger partial charge in [0.15, 0.2) is 5.96 Å². The Labute approximate surface area is 255 Å². The number of nitrogens with two attached hydrogens (primary N) is 3. The SMILES string of the molecule is CSCCC(NC(=O)C(Cc1ccccc1)NC(=O)C(Cc1ccc(O)cc1)NC(=O)C(N)CCCN=C(N)N)C(=O)O. The van der Waals surface area contributed by atoms with E-state index in [1.165, 1.54) is 23.9 Å². The molecule has 0 aliphatic heterocycles. The van der Waals surface area contributed by atoms with E-state index in [1.54, 1.807) is 36.4 Å². The highest BCUT2D eigenvalue weighted by atomic mass is 32.2. The topological polar surface area (TPSA) is 235 Å².